The normalized spacial score (nSPS) is 10.5. The molecule has 0 spiro atoms. The summed E-state index contributed by atoms with van der Waals surface area (Å²) in [6.07, 6.45) is 0. The molecule has 1 heterocycles. The van der Waals surface area contributed by atoms with Crippen molar-refractivity contribution in [3.63, 3.8) is 0 Å². The predicted molar refractivity (Wildman–Crippen MR) is 101 cm³/mol. The molecule has 1 aromatic heterocycles. The molecule has 0 radical (unpaired) electrons. The zero-order valence-electron chi connectivity index (χ0n) is 14.0. The number of ether oxygens (including phenoxy) is 1. The Balaban J connectivity index is 1.96. The van der Waals surface area contributed by atoms with Crippen LogP contribution < -0.4 is 5.32 Å². The summed E-state index contributed by atoms with van der Waals surface area (Å²) < 4.78 is 5.09. The molecule has 2 aromatic rings. The van der Waals surface area contributed by atoms with Gasteiger partial charge in [-0.25, -0.2) is 4.79 Å². The molecule has 0 fully saturated rings. The number of aryl methyl sites for hydroxylation is 1. The first-order valence-electron chi connectivity index (χ1n) is 7.71. The number of hydrogen-bond donors (Lipinski definition) is 1. The number of benzene rings is 1. The molecule has 0 saturated carbocycles. The lowest BCUT2D eigenvalue weighted by atomic mass is 10.1. The number of amides is 1. The van der Waals surface area contributed by atoms with Crippen molar-refractivity contribution in [2.45, 2.75) is 26.5 Å². The summed E-state index contributed by atoms with van der Waals surface area (Å²) in [7, 11) is 0. The van der Waals surface area contributed by atoms with Crippen LogP contribution in [0.25, 0.3) is 0 Å². The van der Waals surface area contributed by atoms with Crippen LogP contribution in [0.5, 0.6) is 0 Å². The van der Waals surface area contributed by atoms with Crippen molar-refractivity contribution in [1.82, 2.24) is 0 Å². The summed E-state index contributed by atoms with van der Waals surface area (Å²) in [5.41, 5.74) is 2.52. The lowest BCUT2D eigenvalue weighted by molar-refractivity contribution is -0.113. The van der Waals surface area contributed by atoms with E-state index < -0.39 is 0 Å². The van der Waals surface area contributed by atoms with Gasteiger partial charge in [0.25, 0.3) is 0 Å². The van der Waals surface area contributed by atoms with Crippen LogP contribution in [0.2, 0.25) is 0 Å². The number of carbonyl (C=O) groups excluding carboxylic acids is 2. The van der Waals surface area contributed by atoms with E-state index in [2.05, 4.69) is 5.32 Å². The molecule has 0 aliphatic rings. The van der Waals surface area contributed by atoms with Crippen LogP contribution in [0, 0.1) is 13.8 Å². The van der Waals surface area contributed by atoms with Gasteiger partial charge < -0.3 is 10.1 Å². The van der Waals surface area contributed by atoms with Gasteiger partial charge in [0.15, 0.2) is 0 Å². The number of thiophene rings is 1. The smallest absolute Gasteiger partial charge is 0.341 e. The summed E-state index contributed by atoms with van der Waals surface area (Å²) in [6.45, 7) is 5.89. The summed E-state index contributed by atoms with van der Waals surface area (Å²) in [5.74, 6) is 0.628. The van der Waals surface area contributed by atoms with Gasteiger partial charge in [-0.1, -0.05) is 30.3 Å². The summed E-state index contributed by atoms with van der Waals surface area (Å²) >= 11 is 2.96. The topological polar surface area (TPSA) is 55.4 Å². The zero-order valence-corrected chi connectivity index (χ0v) is 15.7. The minimum atomic E-state index is -0.383. The number of thioether (sulfide) groups is 1. The second-order valence-corrected chi connectivity index (χ2v) is 7.44. The van der Waals surface area contributed by atoms with E-state index in [9.17, 15) is 9.59 Å². The molecule has 1 aromatic carbocycles. The van der Waals surface area contributed by atoms with E-state index in [0.29, 0.717) is 22.9 Å². The van der Waals surface area contributed by atoms with Crippen LogP contribution in [0.1, 0.15) is 33.3 Å². The molecule has 0 unspecified atom stereocenters. The number of carbonyl (C=O) groups is 2. The molecule has 24 heavy (non-hydrogen) atoms. The summed E-state index contributed by atoms with van der Waals surface area (Å²) in [4.78, 5) is 25.3. The van der Waals surface area contributed by atoms with E-state index in [-0.39, 0.29) is 11.9 Å². The Kier molecular flexibility index (Phi) is 6.87. The largest absolute Gasteiger partial charge is 0.462 e. The lowest BCUT2D eigenvalue weighted by Gasteiger charge is -2.07. The van der Waals surface area contributed by atoms with Crippen LogP contribution in [0.3, 0.4) is 0 Å². The first-order valence-corrected chi connectivity index (χ1v) is 9.68. The quantitative estimate of drug-likeness (QED) is 0.740. The maximum atomic E-state index is 12.2. The van der Waals surface area contributed by atoms with Crippen LogP contribution in [0.15, 0.2) is 30.3 Å². The van der Waals surface area contributed by atoms with Crippen LogP contribution in [-0.4, -0.2) is 24.2 Å². The van der Waals surface area contributed by atoms with Crippen LogP contribution in [0.4, 0.5) is 5.00 Å². The van der Waals surface area contributed by atoms with Gasteiger partial charge in [-0.15, -0.1) is 23.1 Å². The third-order valence-electron chi connectivity index (χ3n) is 3.46. The maximum Gasteiger partial charge on any atom is 0.341 e. The van der Waals surface area contributed by atoms with Crippen molar-refractivity contribution >= 4 is 40.0 Å². The maximum absolute atomic E-state index is 12.2. The van der Waals surface area contributed by atoms with Crippen molar-refractivity contribution in [2.24, 2.45) is 0 Å². The van der Waals surface area contributed by atoms with Gasteiger partial charge in [0, 0.05) is 10.6 Å². The number of anilines is 1. The monoisotopic (exact) mass is 363 g/mol. The Bertz CT molecular complexity index is 711. The number of nitrogens with one attached hydrogen (secondary N) is 1. The summed E-state index contributed by atoms with van der Waals surface area (Å²) in [5, 5.41) is 3.43. The molecule has 0 aliphatic heterocycles. The average Bonchev–Trinajstić information content (AvgIpc) is 2.83. The zero-order chi connectivity index (χ0) is 17.5. The Morgan fingerprint density at radius 3 is 2.58 bits per heavy atom. The fraction of sp³-hybridized carbons (Fsp3) is 0.333. The van der Waals surface area contributed by atoms with Crippen molar-refractivity contribution in [1.29, 1.82) is 0 Å². The molecule has 1 amide bonds. The molecule has 2 rings (SSSR count). The Morgan fingerprint density at radius 2 is 1.92 bits per heavy atom. The van der Waals surface area contributed by atoms with Crippen LogP contribution >= 0.6 is 23.1 Å². The standard InChI is InChI=1S/C18H21NO3S2/c1-4-22-18(21)16-12(2)13(3)24-17(16)19-15(20)11-23-10-14-8-6-5-7-9-14/h5-9H,4,10-11H2,1-3H3,(H,19,20). The second kappa shape index (κ2) is 8.89. The third kappa shape index (κ3) is 4.85. The number of esters is 1. The molecule has 4 nitrogen and oxygen atoms in total. The Hall–Kier alpha value is -1.79. The average molecular weight is 364 g/mol. The van der Waals surface area contributed by atoms with Crippen molar-refractivity contribution in [3.8, 4) is 0 Å². The van der Waals surface area contributed by atoms with Gasteiger partial charge in [-0.05, 0) is 31.9 Å². The third-order valence-corrected chi connectivity index (χ3v) is 5.59. The van der Waals surface area contributed by atoms with E-state index in [0.717, 1.165) is 16.2 Å². The highest BCUT2D eigenvalue weighted by atomic mass is 32.2. The molecule has 0 bridgehead atoms. The van der Waals surface area contributed by atoms with Gasteiger partial charge in [-0.3, -0.25) is 4.79 Å². The fourth-order valence-corrected chi connectivity index (χ4v) is 4.02. The van der Waals surface area contributed by atoms with E-state index in [1.54, 1.807) is 18.7 Å². The van der Waals surface area contributed by atoms with Gasteiger partial charge in [0.05, 0.1) is 17.9 Å². The lowest BCUT2D eigenvalue weighted by Crippen LogP contribution is -2.16. The highest BCUT2D eigenvalue weighted by Crippen LogP contribution is 2.33. The first-order chi connectivity index (χ1) is 11.5. The molecule has 0 aliphatic carbocycles. The van der Waals surface area contributed by atoms with Crippen molar-refractivity contribution in [3.05, 3.63) is 51.9 Å². The molecule has 0 atom stereocenters. The van der Waals surface area contributed by atoms with Crippen LogP contribution in [-0.2, 0) is 15.3 Å². The Morgan fingerprint density at radius 1 is 1.21 bits per heavy atom. The van der Waals surface area contributed by atoms with E-state index >= 15 is 0 Å². The molecule has 1 N–H and O–H groups in total. The minimum absolute atomic E-state index is 0.109. The molecule has 0 saturated heterocycles. The minimum Gasteiger partial charge on any atom is -0.462 e. The second-order valence-electron chi connectivity index (χ2n) is 5.23. The molecule has 128 valence electrons. The SMILES string of the molecule is CCOC(=O)c1c(NC(=O)CSCc2ccccc2)sc(C)c1C. The molecule has 6 heteroatoms. The fourth-order valence-electron chi connectivity index (χ4n) is 2.16. The van der Waals surface area contributed by atoms with Gasteiger partial charge in [0.2, 0.25) is 5.91 Å². The van der Waals surface area contributed by atoms with E-state index in [1.807, 2.05) is 44.2 Å². The summed E-state index contributed by atoms with van der Waals surface area (Å²) in [6, 6.07) is 10.0. The molecular formula is C18H21NO3S2. The van der Waals surface area contributed by atoms with E-state index in [4.69, 9.17) is 4.74 Å². The number of hydrogen-bond acceptors (Lipinski definition) is 5. The van der Waals surface area contributed by atoms with Gasteiger partial charge >= 0.3 is 5.97 Å². The predicted octanol–water partition coefficient (Wildman–Crippen LogP) is 4.41. The van der Waals surface area contributed by atoms with Gasteiger partial charge in [-0.2, -0.15) is 0 Å². The first kappa shape index (κ1) is 18.5. The van der Waals surface area contributed by atoms with Crippen molar-refractivity contribution in [2.75, 3.05) is 17.7 Å². The highest BCUT2D eigenvalue weighted by molar-refractivity contribution is 7.99. The Labute approximate surface area is 150 Å². The van der Waals surface area contributed by atoms with E-state index in [1.165, 1.54) is 16.9 Å². The number of rotatable bonds is 7. The van der Waals surface area contributed by atoms with Crippen molar-refractivity contribution < 1.29 is 14.3 Å². The van der Waals surface area contributed by atoms with Gasteiger partial charge in [0.1, 0.15) is 5.00 Å². The molecular weight excluding hydrogens is 342 g/mol. The highest BCUT2D eigenvalue weighted by Gasteiger charge is 2.21.